The molecule has 0 aliphatic carbocycles. The second-order valence-electron chi connectivity index (χ2n) is 5.75. The highest BCUT2D eigenvalue weighted by atomic mass is 32.2. The molecule has 0 unspecified atom stereocenters. The van der Waals surface area contributed by atoms with Gasteiger partial charge >= 0.3 is 0 Å². The SMILES string of the molecule is Cc1ccccc1C(=O)NNC(=O)[C@H](C)NS(=O)(=O)c1c(C)noc1C. The van der Waals surface area contributed by atoms with E-state index < -0.39 is 27.9 Å². The first-order chi connectivity index (χ1) is 12.1. The molecule has 0 fully saturated rings. The number of aryl methyl sites for hydroxylation is 3. The number of carbonyl (C=O) groups excluding carboxylic acids is 2. The third-order valence-corrected chi connectivity index (χ3v) is 5.43. The van der Waals surface area contributed by atoms with Gasteiger partial charge in [0.15, 0.2) is 5.76 Å². The molecule has 0 saturated heterocycles. The van der Waals surface area contributed by atoms with Gasteiger partial charge in [0.05, 0.1) is 6.04 Å². The van der Waals surface area contributed by atoms with Crippen molar-refractivity contribution in [1.82, 2.24) is 20.7 Å². The van der Waals surface area contributed by atoms with E-state index in [-0.39, 0.29) is 16.3 Å². The predicted molar refractivity (Wildman–Crippen MR) is 92.5 cm³/mol. The standard InChI is InChI=1S/C16H20N4O5S/c1-9-7-5-6-8-13(9)16(22)18-17-15(21)11(3)20-26(23,24)14-10(2)19-25-12(14)4/h5-8,11,20H,1-4H3,(H,17,21)(H,18,22)/t11-/m0/s1. The third-order valence-electron chi connectivity index (χ3n) is 3.65. The smallest absolute Gasteiger partial charge is 0.269 e. The number of sulfonamides is 1. The van der Waals surface area contributed by atoms with E-state index in [1.165, 1.54) is 20.8 Å². The molecule has 0 bridgehead atoms. The lowest BCUT2D eigenvalue weighted by molar-refractivity contribution is -0.123. The number of hydrogen-bond donors (Lipinski definition) is 3. The van der Waals surface area contributed by atoms with Crippen LogP contribution >= 0.6 is 0 Å². The third kappa shape index (κ3) is 4.27. The summed E-state index contributed by atoms with van der Waals surface area (Å²) >= 11 is 0. The molecule has 2 amide bonds. The van der Waals surface area contributed by atoms with Crippen LogP contribution in [0.15, 0.2) is 33.7 Å². The number of nitrogens with one attached hydrogen (secondary N) is 3. The Morgan fingerprint density at radius 3 is 2.35 bits per heavy atom. The minimum Gasteiger partial charge on any atom is -0.360 e. The highest BCUT2D eigenvalue weighted by Gasteiger charge is 2.28. The first-order valence-corrected chi connectivity index (χ1v) is 9.23. The number of aromatic nitrogens is 1. The zero-order chi connectivity index (χ0) is 19.5. The number of rotatable bonds is 5. The Morgan fingerprint density at radius 2 is 1.77 bits per heavy atom. The van der Waals surface area contributed by atoms with Crippen molar-refractivity contribution in [2.45, 2.75) is 38.6 Å². The molecule has 0 spiro atoms. The Balaban J connectivity index is 2.00. The van der Waals surface area contributed by atoms with Crippen LogP contribution in [0.5, 0.6) is 0 Å². The highest BCUT2D eigenvalue weighted by molar-refractivity contribution is 7.89. The van der Waals surface area contributed by atoms with Crippen molar-refractivity contribution in [2.24, 2.45) is 0 Å². The minimum absolute atomic E-state index is 0.110. The second kappa shape index (κ2) is 7.67. The Morgan fingerprint density at radius 1 is 1.12 bits per heavy atom. The fraction of sp³-hybridized carbons (Fsp3) is 0.312. The first-order valence-electron chi connectivity index (χ1n) is 7.74. The maximum Gasteiger partial charge on any atom is 0.269 e. The maximum absolute atomic E-state index is 12.4. The van der Waals surface area contributed by atoms with Gasteiger partial charge in [0, 0.05) is 5.56 Å². The molecule has 2 aromatic rings. The number of hydrogen-bond acceptors (Lipinski definition) is 6. The lowest BCUT2D eigenvalue weighted by Gasteiger charge is -2.15. The summed E-state index contributed by atoms with van der Waals surface area (Å²) in [6.45, 7) is 6.06. The molecule has 1 aromatic carbocycles. The van der Waals surface area contributed by atoms with Crippen LogP contribution in [0.25, 0.3) is 0 Å². The van der Waals surface area contributed by atoms with Gasteiger partial charge in [0.1, 0.15) is 10.6 Å². The van der Waals surface area contributed by atoms with Crippen molar-refractivity contribution in [3.63, 3.8) is 0 Å². The van der Waals surface area contributed by atoms with Gasteiger partial charge in [0.2, 0.25) is 10.0 Å². The number of nitrogens with zero attached hydrogens (tertiary/aromatic N) is 1. The van der Waals surface area contributed by atoms with Gasteiger partial charge in [0.25, 0.3) is 11.8 Å². The van der Waals surface area contributed by atoms with Crippen molar-refractivity contribution < 1.29 is 22.5 Å². The molecule has 26 heavy (non-hydrogen) atoms. The molecule has 1 heterocycles. The van der Waals surface area contributed by atoms with E-state index >= 15 is 0 Å². The fourth-order valence-corrected chi connectivity index (χ4v) is 3.86. The Hall–Kier alpha value is -2.72. The van der Waals surface area contributed by atoms with Crippen LogP contribution in [0.3, 0.4) is 0 Å². The van der Waals surface area contributed by atoms with E-state index in [2.05, 4.69) is 20.7 Å². The zero-order valence-electron chi connectivity index (χ0n) is 14.8. The summed E-state index contributed by atoms with van der Waals surface area (Å²) in [7, 11) is -4.00. The quantitative estimate of drug-likeness (QED) is 0.656. The highest BCUT2D eigenvalue weighted by Crippen LogP contribution is 2.18. The summed E-state index contributed by atoms with van der Waals surface area (Å²) in [5, 5.41) is 3.58. The Kier molecular flexibility index (Phi) is 5.78. The molecule has 0 aliphatic rings. The number of benzene rings is 1. The number of hydrazine groups is 1. The molecule has 10 heteroatoms. The Bertz CT molecular complexity index is 916. The van der Waals surface area contributed by atoms with E-state index in [9.17, 15) is 18.0 Å². The average molecular weight is 380 g/mol. The number of carbonyl (C=O) groups is 2. The largest absolute Gasteiger partial charge is 0.360 e. The summed E-state index contributed by atoms with van der Waals surface area (Å²) in [4.78, 5) is 24.0. The van der Waals surface area contributed by atoms with E-state index in [4.69, 9.17) is 4.52 Å². The summed E-state index contributed by atoms with van der Waals surface area (Å²) in [5.74, 6) is -1.10. The molecule has 1 aromatic heterocycles. The normalized spacial score (nSPS) is 12.5. The summed E-state index contributed by atoms with van der Waals surface area (Å²) in [6.07, 6.45) is 0. The molecule has 140 valence electrons. The van der Waals surface area contributed by atoms with Crippen molar-refractivity contribution in [2.75, 3.05) is 0 Å². The van der Waals surface area contributed by atoms with Crippen molar-refractivity contribution in [3.8, 4) is 0 Å². The van der Waals surface area contributed by atoms with Gasteiger partial charge in [-0.15, -0.1) is 0 Å². The molecule has 0 aliphatic heterocycles. The van der Waals surface area contributed by atoms with Gasteiger partial charge in [-0.3, -0.25) is 20.4 Å². The van der Waals surface area contributed by atoms with Crippen LogP contribution in [0, 0.1) is 20.8 Å². The molecule has 0 radical (unpaired) electrons. The van der Waals surface area contributed by atoms with Crippen molar-refractivity contribution >= 4 is 21.8 Å². The lowest BCUT2D eigenvalue weighted by Crippen LogP contribution is -2.51. The molecule has 2 rings (SSSR count). The Labute approximate surface area is 151 Å². The average Bonchev–Trinajstić information content (AvgIpc) is 2.91. The first kappa shape index (κ1) is 19.6. The molecular formula is C16H20N4O5S. The summed E-state index contributed by atoms with van der Waals surface area (Å²) < 4.78 is 31.8. The topological polar surface area (TPSA) is 130 Å². The number of amides is 2. The second-order valence-corrected chi connectivity index (χ2v) is 7.41. The van der Waals surface area contributed by atoms with Crippen molar-refractivity contribution in [1.29, 1.82) is 0 Å². The van der Waals surface area contributed by atoms with Gasteiger partial charge in [-0.05, 0) is 39.3 Å². The molecule has 1 atom stereocenters. The summed E-state index contributed by atoms with van der Waals surface area (Å²) in [6, 6.07) is 5.73. The fourth-order valence-electron chi connectivity index (χ4n) is 2.33. The molecular weight excluding hydrogens is 360 g/mol. The van der Waals surface area contributed by atoms with Crippen LogP contribution in [0.2, 0.25) is 0 Å². The predicted octanol–water partition coefficient (Wildman–Crippen LogP) is 0.728. The monoisotopic (exact) mass is 380 g/mol. The zero-order valence-corrected chi connectivity index (χ0v) is 15.6. The maximum atomic E-state index is 12.4. The van der Waals surface area contributed by atoms with Gasteiger partial charge in [-0.1, -0.05) is 23.4 Å². The van der Waals surface area contributed by atoms with Gasteiger partial charge < -0.3 is 4.52 Å². The molecule has 9 nitrogen and oxygen atoms in total. The molecule has 3 N–H and O–H groups in total. The van der Waals surface area contributed by atoms with E-state index in [0.29, 0.717) is 5.56 Å². The lowest BCUT2D eigenvalue weighted by atomic mass is 10.1. The van der Waals surface area contributed by atoms with Crippen LogP contribution in [0.1, 0.15) is 34.3 Å². The van der Waals surface area contributed by atoms with Crippen LogP contribution in [-0.2, 0) is 14.8 Å². The van der Waals surface area contributed by atoms with Crippen LogP contribution in [-0.4, -0.2) is 31.4 Å². The minimum atomic E-state index is -4.00. The van der Waals surface area contributed by atoms with Gasteiger partial charge in [-0.25, -0.2) is 8.42 Å². The van der Waals surface area contributed by atoms with E-state index in [1.54, 1.807) is 31.2 Å². The van der Waals surface area contributed by atoms with Crippen LogP contribution in [0.4, 0.5) is 0 Å². The molecule has 0 saturated carbocycles. The summed E-state index contributed by atoms with van der Waals surface area (Å²) in [5.41, 5.74) is 5.79. The van der Waals surface area contributed by atoms with Gasteiger partial charge in [-0.2, -0.15) is 4.72 Å². The van der Waals surface area contributed by atoms with Crippen molar-refractivity contribution in [3.05, 3.63) is 46.8 Å². The van der Waals surface area contributed by atoms with Crippen LogP contribution < -0.4 is 15.6 Å². The van der Waals surface area contributed by atoms with E-state index in [1.807, 2.05) is 0 Å². The van der Waals surface area contributed by atoms with E-state index in [0.717, 1.165) is 5.56 Å².